The van der Waals surface area contributed by atoms with Gasteiger partial charge in [0.25, 0.3) is 5.91 Å². The minimum absolute atomic E-state index is 0.0196. The number of hydrogen-bond donors (Lipinski definition) is 3. The molecule has 4 amide bonds. The van der Waals surface area contributed by atoms with Crippen LogP contribution in [0.2, 0.25) is 5.02 Å². The first-order valence-electron chi connectivity index (χ1n) is 17.8. The molecule has 6 atom stereocenters. The number of Topliss-reactive ketones (excluding diaryl/α,β-unsaturated/α-hetero) is 1. The third-order valence-electron chi connectivity index (χ3n) is 10.8. The van der Waals surface area contributed by atoms with Crippen molar-refractivity contribution in [3.63, 3.8) is 0 Å². The fraction of sp³-hybridized carbons (Fsp3) is 0.538. The molecule has 51 heavy (non-hydrogen) atoms. The van der Waals surface area contributed by atoms with Gasteiger partial charge < -0.3 is 25.6 Å². The smallest absolute Gasteiger partial charge is 0.289 e. The Morgan fingerprint density at radius 2 is 1.78 bits per heavy atom. The molecule has 4 aliphatic rings. The number of ketones is 1. The van der Waals surface area contributed by atoms with Crippen LogP contribution < -0.4 is 20.7 Å². The number of amides is 4. The maximum absolute atomic E-state index is 14.7. The summed E-state index contributed by atoms with van der Waals surface area (Å²) in [5, 5.41) is 8.92. The van der Waals surface area contributed by atoms with Gasteiger partial charge in [0.1, 0.15) is 17.8 Å². The fourth-order valence-electron chi connectivity index (χ4n) is 7.61. The van der Waals surface area contributed by atoms with Gasteiger partial charge in [0.05, 0.1) is 13.2 Å². The van der Waals surface area contributed by atoms with E-state index in [-0.39, 0.29) is 36.1 Å². The van der Waals surface area contributed by atoms with E-state index in [0.717, 1.165) is 35.4 Å². The van der Waals surface area contributed by atoms with Crippen molar-refractivity contribution >= 4 is 46.7 Å². The van der Waals surface area contributed by atoms with Gasteiger partial charge in [-0.15, -0.1) is 0 Å². The van der Waals surface area contributed by atoms with E-state index in [0.29, 0.717) is 37.3 Å². The predicted molar refractivity (Wildman–Crippen MR) is 194 cm³/mol. The minimum atomic E-state index is -0.998. The number of likely N-dealkylation sites (tertiary alicyclic amines) is 1. The molecule has 0 aromatic heterocycles. The average Bonchev–Trinajstić information content (AvgIpc) is 4.03. The zero-order chi connectivity index (χ0) is 36.7. The van der Waals surface area contributed by atoms with E-state index >= 15 is 0 Å². The molecule has 2 aliphatic heterocycles. The number of likely N-dealkylation sites (N-methyl/N-ethyl adjacent to an activating group) is 1. The quantitative estimate of drug-likeness (QED) is 0.283. The summed E-state index contributed by atoms with van der Waals surface area (Å²) in [4.78, 5) is 74.6. The lowest BCUT2D eigenvalue weighted by atomic mass is 9.81. The lowest BCUT2D eigenvalue weighted by Crippen LogP contribution is -2.59. The SMILES string of the molecule is CNC(=O)C(=O)[C@H](CC1CC1)NC(=O)C1C[C@@]2(CN=C(c3cccc(Cl)c3)C2)CN1C(=O)[C@@H](NC(=O)[C@@H]1C[C@H]1c1cccc(OC)c1)C(C)(C)C. The van der Waals surface area contributed by atoms with E-state index < -0.39 is 46.6 Å². The summed E-state index contributed by atoms with van der Waals surface area (Å²) in [6, 6.07) is 12.3. The zero-order valence-electron chi connectivity index (χ0n) is 30.0. The van der Waals surface area contributed by atoms with E-state index in [1.54, 1.807) is 18.1 Å². The standard InChI is InChI=1S/C39H48ClN5O6/c1-38(2,3)33(44-34(47)28-17-27(28)23-8-7-11-26(16-23)51-5)37(50)45-21-39(18-30(42-20-39)24-9-6-10-25(40)15-24)19-31(45)35(48)43-29(14-22-12-13-22)32(46)36(49)41-4/h6-11,15-16,22,27-29,31,33H,12-14,17-21H2,1-5H3,(H,41,49)(H,43,48)(H,44,47)/t27-,28+,29-,31?,33+,39-/m0/s1. The summed E-state index contributed by atoms with van der Waals surface area (Å²) >= 11 is 6.30. The molecule has 6 rings (SSSR count). The van der Waals surface area contributed by atoms with E-state index in [2.05, 4.69) is 16.0 Å². The molecule has 0 bridgehead atoms. The van der Waals surface area contributed by atoms with Gasteiger partial charge in [-0.25, -0.2) is 0 Å². The first-order chi connectivity index (χ1) is 24.2. The van der Waals surface area contributed by atoms with Crippen LogP contribution in [0.4, 0.5) is 0 Å². The Morgan fingerprint density at radius 1 is 1.04 bits per heavy atom. The Labute approximate surface area is 304 Å². The number of halogens is 1. The highest BCUT2D eigenvalue weighted by Crippen LogP contribution is 2.49. The summed E-state index contributed by atoms with van der Waals surface area (Å²) in [5.41, 5.74) is 1.53. The predicted octanol–water partition coefficient (Wildman–Crippen LogP) is 4.06. The van der Waals surface area contributed by atoms with Crippen molar-refractivity contribution in [2.75, 3.05) is 27.2 Å². The highest BCUT2D eigenvalue weighted by Gasteiger charge is 2.54. The summed E-state index contributed by atoms with van der Waals surface area (Å²) in [6.07, 6.45) is 3.73. The Bertz CT molecular complexity index is 1750. The molecule has 2 aromatic rings. The first kappa shape index (κ1) is 36.5. The van der Waals surface area contributed by atoms with Crippen LogP contribution in [0, 0.1) is 22.7 Å². The van der Waals surface area contributed by atoms with E-state index in [1.807, 2.05) is 63.2 Å². The van der Waals surface area contributed by atoms with Crippen LogP contribution >= 0.6 is 11.6 Å². The van der Waals surface area contributed by atoms with Crippen molar-refractivity contribution < 1.29 is 28.7 Å². The minimum Gasteiger partial charge on any atom is -0.497 e. The number of carbonyl (C=O) groups is 5. The van der Waals surface area contributed by atoms with Crippen LogP contribution in [0.5, 0.6) is 5.75 Å². The Hall–Kier alpha value is -4.25. The maximum atomic E-state index is 14.7. The summed E-state index contributed by atoms with van der Waals surface area (Å²) < 4.78 is 5.37. The van der Waals surface area contributed by atoms with Gasteiger partial charge in [0.15, 0.2) is 0 Å². The highest BCUT2D eigenvalue weighted by molar-refractivity contribution is 6.38. The number of ether oxygens (including phenoxy) is 1. The number of hydrogen-bond acceptors (Lipinski definition) is 7. The molecule has 1 unspecified atom stereocenters. The van der Waals surface area contributed by atoms with Gasteiger partial charge in [0.2, 0.25) is 23.5 Å². The summed E-state index contributed by atoms with van der Waals surface area (Å²) in [7, 11) is 2.99. The Kier molecular flexibility index (Phi) is 10.3. The fourth-order valence-corrected chi connectivity index (χ4v) is 7.80. The van der Waals surface area contributed by atoms with E-state index in [4.69, 9.17) is 21.3 Å². The number of benzene rings is 2. The van der Waals surface area contributed by atoms with Gasteiger partial charge in [-0.3, -0.25) is 29.0 Å². The molecule has 3 fully saturated rings. The van der Waals surface area contributed by atoms with Crippen LogP contribution in [0.1, 0.15) is 76.3 Å². The first-order valence-corrected chi connectivity index (χ1v) is 18.2. The van der Waals surface area contributed by atoms with Crippen molar-refractivity contribution in [3.05, 3.63) is 64.7 Å². The molecule has 12 heteroatoms. The average molecular weight is 718 g/mol. The molecule has 2 heterocycles. The molecule has 2 aromatic carbocycles. The number of carbonyl (C=O) groups excluding carboxylic acids is 5. The second-order valence-electron chi connectivity index (χ2n) is 15.9. The number of nitrogens with one attached hydrogen (secondary N) is 3. The number of rotatable bonds is 12. The molecule has 1 saturated heterocycles. The summed E-state index contributed by atoms with van der Waals surface area (Å²) in [5.74, 6) is -1.83. The molecule has 0 radical (unpaired) electrons. The van der Waals surface area contributed by atoms with Crippen LogP contribution in [0.15, 0.2) is 53.5 Å². The molecule has 3 N–H and O–H groups in total. The van der Waals surface area contributed by atoms with Crippen molar-refractivity contribution in [1.82, 2.24) is 20.9 Å². The Balaban J connectivity index is 1.25. The lowest BCUT2D eigenvalue weighted by Gasteiger charge is -2.36. The van der Waals surface area contributed by atoms with Gasteiger partial charge in [-0.1, -0.05) is 69.5 Å². The number of aliphatic imine (C=N–C) groups is 1. The third-order valence-corrected chi connectivity index (χ3v) is 11.0. The third kappa shape index (κ3) is 8.14. The molecule has 2 saturated carbocycles. The molecule has 2 aliphatic carbocycles. The van der Waals surface area contributed by atoms with Crippen molar-refractivity contribution in [2.24, 2.45) is 27.7 Å². The largest absolute Gasteiger partial charge is 0.497 e. The maximum Gasteiger partial charge on any atom is 0.289 e. The van der Waals surface area contributed by atoms with Gasteiger partial charge in [0, 0.05) is 42.2 Å². The number of nitrogens with zero attached hydrogens (tertiary/aromatic N) is 2. The second kappa shape index (κ2) is 14.4. The monoisotopic (exact) mass is 717 g/mol. The number of methoxy groups -OCH3 is 1. The van der Waals surface area contributed by atoms with Crippen LogP contribution in [-0.2, 0) is 24.0 Å². The molecular weight excluding hydrogens is 670 g/mol. The molecule has 11 nitrogen and oxygen atoms in total. The Morgan fingerprint density at radius 3 is 2.45 bits per heavy atom. The van der Waals surface area contributed by atoms with Crippen LogP contribution in [0.3, 0.4) is 0 Å². The molecule has 1 spiro atoms. The summed E-state index contributed by atoms with van der Waals surface area (Å²) in [6.45, 7) is 6.33. The van der Waals surface area contributed by atoms with Crippen molar-refractivity contribution in [3.8, 4) is 5.75 Å². The van der Waals surface area contributed by atoms with Crippen LogP contribution in [0.25, 0.3) is 0 Å². The van der Waals surface area contributed by atoms with Crippen molar-refractivity contribution in [2.45, 2.75) is 83.3 Å². The molecular formula is C39H48ClN5O6. The van der Waals surface area contributed by atoms with E-state index in [1.165, 1.54) is 7.05 Å². The normalized spacial score (nSPS) is 25.1. The second-order valence-corrected chi connectivity index (χ2v) is 16.3. The van der Waals surface area contributed by atoms with Crippen LogP contribution in [-0.4, -0.2) is 85.4 Å². The zero-order valence-corrected chi connectivity index (χ0v) is 30.7. The highest BCUT2D eigenvalue weighted by atomic mass is 35.5. The van der Waals surface area contributed by atoms with Gasteiger partial charge in [-0.05, 0) is 78.3 Å². The van der Waals surface area contributed by atoms with Crippen molar-refractivity contribution in [1.29, 1.82) is 0 Å². The van der Waals surface area contributed by atoms with Gasteiger partial charge >= 0.3 is 0 Å². The van der Waals surface area contributed by atoms with E-state index in [9.17, 15) is 24.0 Å². The topological polar surface area (TPSA) is 146 Å². The van der Waals surface area contributed by atoms with Gasteiger partial charge in [-0.2, -0.15) is 0 Å². The molecule has 272 valence electrons. The lowest BCUT2D eigenvalue weighted by molar-refractivity contribution is -0.145.